The molecule has 0 saturated heterocycles. The molecule has 0 unspecified atom stereocenters. The van der Waals surface area contributed by atoms with Crippen molar-refractivity contribution >= 4 is 34.9 Å². The molecule has 27 heavy (non-hydrogen) atoms. The number of carbonyl (C=O) groups excluding carboxylic acids is 2. The number of carbonyl (C=O) groups is 2. The van der Waals surface area contributed by atoms with Gasteiger partial charge in [0.2, 0.25) is 0 Å². The average Bonchev–Trinajstić information content (AvgIpc) is 2.63. The predicted octanol–water partition coefficient (Wildman–Crippen LogP) is 2.79. The number of nitrogens with zero attached hydrogens (tertiary/aromatic N) is 2. The highest BCUT2D eigenvalue weighted by Gasteiger charge is 2.20. The van der Waals surface area contributed by atoms with Gasteiger partial charge in [0, 0.05) is 37.8 Å². The quantitative estimate of drug-likeness (QED) is 0.442. The van der Waals surface area contributed by atoms with E-state index in [-0.39, 0.29) is 17.8 Å². The summed E-state index contributed by atoms with van der Waals surface area (Å²) < 4.78 is 5.00. The van der Waals surface area contributed by atoms with E-state index in [0.29, 0.717) is 10.7 Å². The molecule has 0 aliphatic carbocycles. The summed E-state index contributed by atoms with van der Waals surface area (Å²) in [6, 6.07) is 10.9. The molecular formula is C18H18ClN3O5. The van der Waals surface area contributed by atoms with Gasteiger partial charge in [0.1, 0.15) is 0 Å². The van der Waals surface area contributed by atoms with E-state index in [1.165, 1.54) is 12.1 Å². The molecule has 9 heteroatoms. The number of rotatable bonds is 7. The van der Waals surface area contributed by atoms with Crippen LogP contribution in [0.2, 0.25) is 5.02 Å². The second-order valence-electron chi connectivity index (χ2n) is 5.84. The third-order valence-corrected chi connectivity index (χ3v) is 3.84. The fourth-order valence-corrected chi connectivity index (χ4v) is 2.51. The number of amides is 1. The van der Waals surface area contributed by atoms with Gasteiger partial charge in [-0.05, 0) is 23.8 Å². The summed E-state index contributed by atoms with van der Waals surface area (Å²) in [6.07, 6.45) is 0. The van der Waals surface area contributed by atoms with E-state index < -0.39 is 23.4 Å². The van der Waals surface area contributed by atoms with Crippen molar-refractivity contribution in [3.63, 3.8) is 0 Å². The molecule has 0 aromatic heterocycles. The molecule has 0 spiro atoms. The largest absolute Gasteiger partial charge is 0.452 e. The summed E-state index contributed by atoms with van der Waals surface area (Å²) in [7, 11) is 3.38. The van der Waals surface area contributed by atoms with Crippen LogP contribution in [-0.4, -0.2) is 37.5 Å². The van der Waals surface area contributed by atoms with E-state index in [1.54, 1.807) is 43.3 Å². The highest BCUT2D eigenvalue weighted by atomic mass is 35.5. The number of hydrogen-bond acceptors (Lipinski definition) is 6. The van der Waals surface area contributed by atoms with E-state index in [2.05, 4.69) is 5.32 Å². The van der Waals surface area contributed by atoms with Gasteiger partial charge in [-0.3, -0.25) is 14.9 Å². The highest BCUT2D eigenvalue weighted by molar-refractivity contribution is 6.30. The Balaban J connectivity index is 1.99. The Morgan fingerprint density at radius 3 is 2.59 bits per heavy atom. The van der Waals surface area contributed by atoms with Gasteiger partial charge >= 0.3 is 5.97 Å². The van der Waals surface area contributed by atoms with Crippen LogP contribution < -0.4 is 10.2 Å². The molecule has 2 aromatic rings. The Labute approximate surface area is 160 Å². The topological polar surface area (TPSA) is 102 Å². The minimum atomic E-state index is -0.819. The number of hydrogen-bond donors (Lipinski definition) is 1. The van der Waals surface area contributed by atoms with Gasteiger partial charge in [-0.1, -0.05) is 23.7 Å². The van der Waals surface area contributed by atoms with Gasteiger partial charge in [0.15, 0.2) is 6.61 Å². The Morgan fingerprint density at radius 1 is 1.22 bits per heavy atom. The van der Waals surface area contributed by atoms with Gasteiger partial charge in [0.05, 0.1) is 16.2 Å². The summed E-state index contributed by atoms with van der Waals surface area (Å²) >= 11 is 5.87. The smallest absolute Gasteiger partial charge is 0.341 e. The zero-order valence-corrected chi connectivity index (χ0v) is 15.5. The van der Waals surface area contributed by atoms with Crippen LogP contribution in [0.4, 0.5) is 11.4 Å². The summed E-state index contributed by atoms with van der Waals surface area (Å²) in [6.45, 7) is -0.272. The molecule has 0 aliphatic heterocycles. The number of nitro groups is 1. The normalized spacial score (nSPS) is 10.2. The fraction of sp³-hybridized carbons (Fsp3) is 0.222. The number of benzene rings is 2. The number of anilines is 1. The molecule has 0 radical (unpaired) electrons. The van der Waals surface area contributed by atoms with Crippen LogP contribution in [0.3, 0.4) is 0 Å². The van der Waals surface area contributed by atoms with Crippen LogP contribution >= 0.6 is 11.6 Å². The zero-order chi connectivity index (χ0) is 20.0. The van der Waals surface area contributed by atoms with Crippen LogP contribution in [0.1, 0.15) is 15.9 Å². The second-order valence-corrected chi connectivity index (χ2v) is 6.27. The number of non-ortho nitro benzene ring substituents is 1. The lowest BCUT2D eigenvalue weighted by Crippen LogP contribution is -2.28. The van der Waals surface area contributed by atoms with E-state index >= 15 is 0 Å². The SMILES string of the molecule is CN(C)c1ccc([N+](=O)[O-])cc1C(=O)OCC(=O)NCc1cccc(Cl)c1. The van der Waals surface area contributed by atoms with Crippen LogP contribution in [0.5, 0.6) is 0 Å². The number of nitrogens with one attached hydrogen (secondary N) is 1. The maximum absolute atomic E-state index is 12.3. The average molecular weight is 392 g/mol. The first-order chi connectivity index (χ1) is 12.8. The Bertz CT molecular complexity index is 870. The standard InChI is InChI=1S/C18H18ClN3O5/c1-21(2)16-7-6-14(22(25)26)9-15(16)18(24)27-11-17(23)20-10-12-4-3-5-13(19)8-12/h3-9H,10-11H2,1-2H3,(H,20,23). The second kappa shape index (κ2) is 9.00. The van der Waals surface area contributed by atoms with Crippen LogP contribution in [-0.2, 0) is 16.1 Å². The van der Waals surface area contributed by atoms with Gasteiger partial charge in [-0.25, -0.2) is 4.79 Å². The van der Waals surface area contributed by atoms with Crippen molar-refractivity contribution in [2.24, 2.45) is 0 Å². The Hall–Kier alpha value is -3.13. The van der Waals surface area contributed by atoms with Crippen molar-refractivity contribution in [3.8, 4) is 0 Å². The third-order valence-electron chi connectivity index (χ3n) is 3.61. The molecule has 0 atom stereocenters. The van der Waals surface area contributed by atoms with Crippen LogP contribution in [0.25, 0.3) is 0 Å². The monoisotopic (exact) mass is 391 g/mol. The molecule has 1 amide bonds. The van der Waals surface area contributed by atoms with Crippen molar-refractivity contribution in [2.75, 3.05) is 25.6 Å². The molecular weight excluding hydrogens is 374 g/mol. The molecule has 2 rings (SSSR count). The third kappa shape index (κ3) is 5.68. The number of ether oxygens (including phenoxy) is 1. The first kappa shape index (κ1) is 20.2. The molecule has 0 heterocycles. The highest BCUT2D eigenvalue weighted by Crippen LogP contribution is 2.24. The minimum absolute atomic E-state index is 0.0110. The van der Waals surface area contributed by atoms with E-state index in [0.717, 1.165) is 11.6 Å². The molecule has 0 aliphatic rings. The molecule has 0 bridgehead atoms. The maximum Gasteiger partial charge on any atom is 0.341 e. The van der Waals surface area contributed by atoms with Crippen molar-refractivity contribution in [1.82, 2.24) is 5.32 Å². The van der Waals surface area contributed by atoms with Crippen molar-refractivity contribution < 1.29 is 19.2 Å². The van der Waals surface area contributed by atoms with Gasteiger partial charge in [0.25, 0.3) is 11.6 Å². The molecule has 0 fully saturated rings. The molecule has 2 aromatic carbocycles. The first-order valence-electron chi connectivity index (χ1n) is 7.92. The van der Waals surface area contributed by atoms with E-state index in [9.17, 15) is 19.7 Å². The maximum atomic E-state index is 12.3. The molecule has 0 saturated carbocycles. The van der Waals surface area contributed by atoms with Crippen LogP contribution in [0.15, 0.2) is 42.5 Å². The lowest BCUT2D eigenvalue weighted by atomic mass is 10.1. The minimum Gasteiger partial charge on any atom is -0.452 e. The number of nitro benzene ring substituents is 1. The number of esters is 1. The predicted molar refractivity (Wildman–Crippen MR) is 101 cm³/mol. The number of halogens is 1. The van der Waals surface area contributed by atoms with Gasteiger partial charge in [-0.2, -0.15) is 0 Å². The summed E-state index contributed by atoms with van der Waals surface area (Å²) in [5.74, 6) is -1.32. The lowest BCUT2D eigenvalue weighted by molar-refractivity contribution is -0.384. The molecule has 142 valence electrons. The van der Waals surface area contributed by atoms with E-state index in [1.807, 2.05) is 0 Å². The van der Waals surface area contributed by atoms with Gasteiger partial charge < -0.3 is 15.0 Å². The Kier molecular flexibility index (Phi) is 6.73. The Morgan fingerprint density at radius 2 is 1.96 bits per heavy atom. The van der Waals surface area contributed by atoms with Crippen molar-refractivity contribution in [3.05, 3.63) is 68.7 Å². The van der Waals surface area contributed by atoms with Gasteiger partial charge in [-0.15, -0.1) is 0 Å². The van der Waals surface area contributed by atoms with Crippen LogP contribution in [0, 0.1) is 10.1 Å². The zero-order valence-electron chi connectivity index (χ0n) is 14.8. The van der Waals surface area contributed by atoms with Crippen molar-refractivity contribution in [1.29, 1.82) is 0 Å². The molecule has 8 nitrogen and oxygen atoms in total. The fourth-order valence-electron chi connectivity index (χ4n) is 2.30. The summed E-state index contributed by atoms with van der Waals surface area (Å²) in [5.41, 5.74) is 1.02. The summed E-state index contributed by atoms with van der Waals surface area (Å²) in [5, 5.41) is 14.1. The lowest BCUT2D eigenvalue weighted by Gasteiger charge is -2.16. The van der Waals surface area contributed by atoms with E-state index in [4.69, 9.17) is 16.3 Å². The molecule has 1 N–H and O–H groups in total. The van der Waals surface area contributed by atoms with Crippen molar-refractivity contribution in [2.45, 2.75) is 6.54 Å². The summed E-state index contributed by atoms with van der Waals surface area (Å²) in [4.78, 5) is 36.1. The first-order valence-corrected chi connectivity index (χ1v) is 8.29.